The predicted molar refractivity (Wildman–Crippen MR) is 83.5 cm³/mol. The van der Waals surface area contributed by atoms with Crippen LogP contribution in [0.3, 0.4) is 0 Å². The lowest BCUT2D eigenvalue weighted by molar-refractivity contribution is 0.0698. The molecule has 1 aliphatic carbocycles. The number of piperidine rings is 1. The highest BCUT2D eigenvalue weighted by Gasteiger charge is 2.37. The van der Waals surface area contributed by atoms with E-state index < -0.39 is 0 Å². The van der Waals surface area contributed by atoms with Crippen LogP contribution in [-0.4, -0.2) is 37.6 Å². The quantitative estimate of drug-likeness (QED) is 0.738. The van der Waals surface area contributed by atoms with E-state index in [9.17, 15) is 0 Å². The number of rotatable bonds is 6. The maximum atomic E-state index is 3.70. The van der Waals surface area contributed by atoms with E-state index in [0.717, 1.165) is 0 Å². The monoisotopic (exact) mass is 266 g/mol. The van der Waals surface area contributed by atoms with Gasteiger partial charge in [-0.1, -0.05) is 33.6 Å². The summed E-state index contributed by atoms with van der Waals surface area (Å²) in [7, 11) is 0. The second-order valence-electron chi connectivity index (χ2n) is 7.86. The molecule has 112 valence electrons. The van der Waals surface area contributed by atoms with E-state index in [1.807, 2.05) is 0 Å². The van der Waals surface area contributed by atoms with E-state index in [0.29, 0.717) is 10.8 Å². The maximum Gasteiger partial charge on any atom is 0.00504 e. The van der Waals surface area contributed by atoms with E-state index in [1.54, 1.807) is 0 Å². The van der Waals surface area contributed by atoms with Gasteiger partial charge < -0.3 is 10.2 Å². The maximum absolute atomic E-state index is 3.70. The molecule has 0 radical (unpaired) electrons. The van der Waals surface area contributed by atoms with Gasteiger partial charge in [-0.05, 0) is 56.0 Å². The zero-order chi connectivity index (χ0) is 13.8. The molecule has 2 heteroatoms. The molecule has 1 saturated heterocycles. The van der Waals surface area contributed by atoms with Gasteiger partial charge in [0, 0.05) is 19.6 Å². The molecule has 2 rings (SSSR count). The molecule has 0 bridgehead atoms. The summed E-state index contributed by atoms with van der Waals surface area (Å²) < 4.78 is 0. The van der Waals surface area contributed by atoms with Crippen LogP contribution in [0.4, 0.5) is 0 Å². The standard InChI is InChI=1S/C17H34N2/c1-4-11-18-13-17(9-5-6-10-17)15-19-12-7-8-16(2,3)14-19/h18H,4-15H2,1-3H3. The third-order valence-electron chi connectivity index (χ3n) is 5.13. The van der Waals surface area contributed by atoms with E-state index in [2.05, 4.69) is 31.0 Å². The fourth-order valence-electron chi connectivity index (χ4n) is 4.20. The molecule has 2 nitrogen and oxygen atoms in total. The van der Waals surface area contributed by atoms with Crippen LogP contribution in [0.5, 0.6) is 0 Å². The fraction of sp³-hybridized carbons (Fsp3) is 1.00. The first-order chi connectivity index (χ1) is 9.05. The summed E-state index contributed by atoms with van der Waals surface area (Å²) in [6, 6.07) is 0. The van der Waals surface area contributed by atoms with Crippen LogP contribution in [0.25, 0.3) is 0 Å². The van der Waals surface area contributed by atoms with E-state index in [1.165, 1.54) is 77.7 Å². The highest BCUT2D eigenvalue weighted by atomic mass is 15.1. The van der Waals surface area contributed by atoms with Gasteiger partial charge >= 0.3 is 0 Å². The zero-order valence-electron chi connectivity index (χ0n) is 13.4. The molecular weight excluding hydrogens is 232 g/mol. The summed E-state index contributed by atoms with van der Waals surface area (Å²) in [6.45, 7) is 13.6. The lowest BCUT2D eigenvalue weighted by Crippen LogP contribution is -2.48. The Morgan fingerprint density at radius 3 is 2.42 bits per heavy atom. The highest BCUT2D eigenvalue weighted by Crippen LogP contribution is 2.40. The molecule has 0 aromatic rings. The first-order valence-corrected chi connectivity index (χ1v) is 8.48. The van der Waals surface area contributed by atoms with Crippen molar-refractivity contribution in [2.24, 2.45) is 10.8 Å². The molecule has 1 aliphatic heterocycles. The molecule has 1 N–H and O–H groups in total. The van der Waals surface area contributed by atoms with E-state index >= 15 is 0 Å². The SMILES string of the molecule is CCCNCC1(CN2CCCC(C)(C)C2)CCCC1. The third-order valence-corrected chi connectivity index (χ3v) is 5.13. The number of hydrogen-bond donors (Lipinski definition) is 1. The largest absolute Gasteiger partial charge is 0.316 e. The smallest absolute Gasteiger partial charge is 0.00504 e. The van der Waals surface area contributed by atoms with Crippen molar-refractivity contribution in [2.75, 3.05) is 32.7 Å². The number of hydrogen-bond acceptors (Lipinski definition) is 2. The van der Waals surface area contributed by atoms with Crippen LogP contribution < -0.4 is 5.32 Å². The van der Waals surface area contributed by atoms with Crippen LogP contribution in [0.2, 0.25) is 0 Å². The van der Waals surface area contributed by atoms with Crippen LogP contribution in [-0.2, 0) is 0 Å². The normalized spacial score (nSPS) is 26.7. The Morgan fingerprint density at radius 2 is 1.79 bits per heavy atom. The zero-order valence-corrected chi connectivity index (χ0v) is 13.4. The molecule has 2 aliphatic rings. The second-order valence-corrected chi connectivity index (χ2v) is 7.86. The summed E-state index contributed by atoms with van der Waals surface area (Å²) in [5, 5.41) is 3.70. The van der Waals surface area contributed by atoms with Gasteiger partial charge in [0.2, 0.25) is 0 Å². The third kappa shape index (κ3) is 4.46. The molecule has 0 aromatic heterocycles. The minimum Gasteiger partial charge on any atom is -0.316 e. The summed E-state index contributed by atoms with van der Waals surface area (Å²) in [5.74, 6) is 0. The molecule has 0 spiro atoms. The van der Waals surface area contributed by atoms with Crippen LogP contribution in [0, 0.1) is 10.8 Å². The molecule has 1 heterocycles. The summed E-state index contributed by atoms with van der Waals surface area (Å²) in [4.78, 5) is 2.77. The van der Waals surface area contributed by atoms with Crippen molar-refractivity contribution < 1.29 is 0 Å². The Balaban J connectivity index is 1.89. The lowest BCUT2D eigenvalue weighted by Gasteiger charge is -2.43. The predicted octanol–water partition coefficient (Wildman–Crippen LogP) is 3.67. The van der Waals surface area contributed by atoms with Gasteiger partial charge in [0.05, 0.1) is 0 Å². The van der Waals surface area contributed by atoms with Gasteiger partial charge in [0.15, 0.2) is 0 Å². The van der Waals surface area contributed by atoms with Crippen molar-refractivity contribution in [1.82, 2.24) is 10.2 Å². The summed E-state index contributed by atoms with van der Waals surface area (Å²) in [6.07, 6.45) is 9.85. The topological polar surface area (TPSA) is 15.3 Å². The van der Waals surface area contributed by atoms with Crippen molar-refractivity contribution in [2.45, 2.75) is 65.7 Å². The Bertz CT molecular complexity index is 266. The molecule has 0 aromatic carbocycles. The average Bonchev–Trinajstić information content (AvgIpc) is 2.77. The Labute approximate surface area is 120 Å². The summed E-state index contributed by atoms with van der Waals surface area (Å²) in [5.41, 5.74) is 1.12. The van der Waals surface area contributed by atoms with Crippen molar-refractivity contribution >= 4 is 0 Å². The molecular formula is C17H34N2. The molecule has 19 heavy (non-hydrogen) atoms. The minimum absolute atomic E-state index is 0.537. The van der Waals surface area contributed by atoms with Gasteiger partial charge in [-0.15, -0.1) is 0 Å². The first kappa shape index (κ1) is 15.3. The molecule has 2 fully saturated rings. The highest BCUT2D eigenvalue weighted by molar-refractivity contribution is 4.91. The second kappa shape index (κ2) is 6.58. The van der Waals surface area contributed by atoms with Crippen LogP contribution in [0.15, 0.2) is 0 Å². The van der Waals surface area contributed by atoms with Crippen LogP contribution >= 0.6 is 0 Å². The van der Waals surface area contributed by atoms with Crippen molar-refractivity contribution in [3.05, 3.63) is 0 Å². The minimum atomic E-state index is 0.537. The van der Waals surface area contributed by atoms with Crippen LogP contribution in [0.1, 0.15) is 65.7 Å². The van der Waals surface area contributed by atoms with Crippen molar-refractivity contribution in [3.63, 3.8) is 0 Å². The summed E-state index contributed by atoms with van der Waals surface area (Å²) >= 11 is 0. The Kier molecular flexibility index (Phi) is 5.30. The van der Waals surface area contributed by atoms with E-state index in [-0.39, 0.29) is 0 Å². The fourth-order valence-corrected chi connectivity index (χ4v) is 4.20. The Morgan fingerprint density at radius 1 is 1.05 bits per heavy atom. The van der Waals surface area contributed by atoms with Gasteiger partial charge in [0.25, 0.3) is 0 Å². The number of likely N-dealkylation sites (tertiary alicyclic amines) is 1. The molecule has 0 atom stereocenters. The van der Waals surface area contributed by atoms with Gasteiger partial charge in [-0.2, -0.15) is 0 Å². The number of nitrogens with one attached hydrogen (secondary N) is 1. The van der Waals surface area contributed by atoms with Crippen molar-refractivity contribution in [3.8, 4) is 0 Å². The van der Waals surface area contributed by atoms with Gasteiger partial charge in [-0.25, -0.2) is 0 Å². The van der Waals surface area contributed by atoms with Gasteiger partial charge in [0.1, 0.15) is 0 Å². The first-order valence-electron chi connectivity index (χ1n) is 8.48. The molecule has 0 unspecified atom stereocenters. The molecule has 1 saturated carbocycles. The Hall–Kier alpha value is -0.0800. The van der Waals surface area contributed by atoms with Crippen molar-refractivity contribution in [1.29, 1.82) is 0 Å². The van der Waals surface area contributed by atoms with Gasteiger partial charge in [-0.3, -0.25) is 0 Å². The molecule has 0 amide bonds. The lowest BCUT2D eigenvalue weighted by atomic mass is 9.80. The average molecular weight is 266 g/mol. The number of nitrogens with zero attached hydrogens (tertiary/aromatic N) is 1. The van der Waals surface area contributed by atoms with E-state index in [4.69, 9.17) is 0 Å².